The van der Waals surface area contributed by atoms with Gasteiger partial charge in [0.15, 0.2) is 5.96 Å². The van der Waals surface area contributed by atoms with Gasteiger partial charge >= 0.3 is 0 Å². The minimum Gasteiger partial charge on any atom is -0.356 e. The summed E-state index contributed by atoms with van der Waals surface area (Å²) in [5.74, 6) is 0.763. The zero-order valence-electron chi connectivity index (χ0n) is 11.7. The van der Waals surface area contributed by atoms with E-state index in [1.165, 1.54) is 5.56 Å². The molecule has 6 heteroatoms. The van der Waals surface area contributed by atoms with E-state index in [2.05, 4.69) is 32.4 Å². The Hall–Kier alpha value is -1.56. The van der Waals surface area contributed by atoms with Gasteiger partial charge in [0.05, 0.1) is 0 Å². The third kappa shape index (κ3) is 6.81. The Morgan fingerprint density at radius 2 is 2.21 bits per heavy atom. The summed E-state index contributed by atoms with van der Waals surface area (Å²) < 4.78 is 0. The summed E-state index contributed by atoms with van der Waals surface area (Å²) in [4.78, 5) is 15.6. The van der Waals surface area contributed by atoms with E-state index in [0.29, 0.717) is 18.9 Å². The maximum absolute atomic E-state index is 11.5. The highest BCUT2D eigenvalue weighted by Crippen LogP contribution is 2.04. The van der Waals surface area contributed by atoms with Crippen molar-refractivity contribution in [3.63, 3.8) is 0 Å². The Morgan fingerprint density at radius 3 is 2.79 bits per heavy atom. The Kier molecular flexibility index (Phi) is 6.95. The quantitative estimate of drug-likeness (QED) is 0.545. The van der Waals surface area contributed by atoms with Crippen LogP contribution in [0.4, 0.5) is 0 Å². The second-order valence-electron chi connectivity index (χ2n) is 4.46. The van der Waals surface area contributed by atoms with Crippen LogP contribution in [0.5, 0.6) is 0 Å². The molecule has 1 aromatic heterocycles. The molecule has 5 nitrogen and oxygen atoms in total. The Morgan fingerprint density at radius 1 is 1.42 bits per heavy atom. The highest BCUT2D eigenvalue weighted by atomic mass is 32.1. The van der Waals surface area contributed by atoms with Gasteiger partial charge in [-0.1, -0.05) is 0 Å². The van der Waals surface area contributed by atoms with E-state index in [0.717, 1.165) is 6.54 Å². The van der Waals surface area contributed by atoms with Gasteiger partial charge in [-0.15, -0.1) is 0 Å². The van der Waals surface area contributed by atoms with Gasteiger partial charge in [0.2, 0.25) is 5.91 Å². The first-order valence-corrected chi connectivity index (χ1v) is 7.31. The van der Waals surface area contributed by atoms with Crippen molar-refractivity contribution in [1.29, 1.82) is 0 Å². The van der Waals surface area contributed by atoms with Gasteiger partial charge in [-0.25, -0.2) is 0 Å². The smallest absolute Gasteiger partial charge is 0.221 e. The molecule has 3 N–H and O–H groups in total. The maximum atomic E-state index is 11.5. The monoisotopic (exact) mass is 282 g/mol. The van der Waals surface area contributed by atoms with Crippen LogP contribution in [-0.4, -0.2) is 31.5 Å². The lowest BCUT2D eigenvalue weighted by atomic mass is 10.3. The summed E-state index contributed by atoms with van der Waals surface area (Å²) >= 11 is 1.67. The predicted octanol–water partition coefficient (Wildman–Crippen LogP) is 1.33. The van der Waals surface area contributed by atoms with Crippen LogP contribution in [0.1, 0.15) is 25.8 Å². The molecule has 0 saturated heterocycles. The number of nitrogens with one attached hydrogen (secondary N) is 3. The molecule has 106 valence electrons. The fraction of sp³-hybridized carbons (Fsp3) is 0.538. The number of rotatable bonds is 6. The standard InChI is InChI=1S/C13H22N4OS/c1-10(2)17-12(18)4-6-15-13(14-3)16-8-11-5-7-19-9-11/h5,7,9-10H,4,6,8H2,1-3H3,(H,17,18)(H2,14,15,16). The van der Waals surface area contributed by atoms with Crippen LogP contribution in [0.15, 0.2) is 21.8 Å². The summed E-state index contributed by atoms with van der Waals surface area (Å²) in [7, 11) is 1.72. The summed E-state index contributed by atoms with van der Waals surface area (Å²) in [6, 6.07) is 2.25. The van der Waals surface area contributed by atoms with Gasteiger partial charge in [-0.2, -0.15) is 11.3 Å². The number of carbonyl (C=O) groups excluding carboxylic acids is 1. The van der Waals surface area contributed by atoms with Crippen molar-refractivity contribution >= 4 is 23.2 Å². The zero-order valence-corrected chi connectivity index (χ0v) is 12.5. The third-order valence-electron chi connectivity index (χ3n) is 2.36. The van der Waals surface area contributed by atoms with Crippen molar-refractivity contribution in [2.24, 2.45) is 4.99 Å². The molecule has 1 aromatic rings. The molecule has 0 aliphatic heterocycles. The molecule has 1 rings (SSSR count). The minimum absolute atomic E-state index is 0.0517. The number of thiophene rings is 1. The predicted molar refractivity (Wildman–Crippen MR) is 80.4 cm³/mol. The van der Waals surface area contributed by atoms with Gasteiger partial charge < -0.3 is 16.0 Å². The van der Waals surface area contributed by atoms with Gasteiger partial charge in [0, 0.05) is 32.6 Å². The topological polar surface area (TPSA) is 65.5 Å². The first kappa shape index (κ1) is 15.5. The maximum Gasteiger partial charge on any atom is 0.221 e. The Labute approximate surface area is 118 Å². The van der Waals surface area contributed by atoms with Crippen molar-refractivity contribution in [3.8, 4) is 0 Å². The van der Waals surface area contributed by atoms with Crippen molar-refractivity contribution in [2.45, 2.75) is 32.9 Å². The van der Waals surface area contributed by atoms with Crippen LogP contribution in [0.25, 0.3) is 0 Å². The van der Waals surface area contributed by atoms with Gasteiger partial charge in [-0.3, -0.25) is 9.79 Å². The fourth-order valence-corrected chi connectivity index (χ4v) is 2.16. The second-order valence-corrected chi connectivity index (χ2v) is 5.24. The van der Waals surface area contributed by atoms with Crippen molar-refractivity contribution in [3.05, 3.63) is 22.4 Å². The molecule has 0 atom stereocenters. The third-order valence-corrected chi connectivity index (χ3v) is 3.09. The van der Waals surface area contributed by atoms with Gasteiger partial charge in [0.1, 0.15) is 0 Å². The summed E-state index contributed by atoms with van der Waals surface area (Å²) in [6.45, 7) is 5.21. The number of carbonyl (C=O) groups is 1. The molecule has 0 aromatic carbocycles. The van der Waals surface area contributed by atoms with Crippen molar-refractivity contribution in [2.75, 3.05) is 13.6 Å². The fourth-order valence-electron chi connectivity index (χ4n) is 1.49. The van der Waals surface area contributed by atoms with E-state index in [-0.39, 0.29) is 11.9 Å². The van der Waals surface area contributed by atoms with E-state index in [4.69, 9.17) is 0 Å². The normalized spacial score (nSPS) is 11.5. The van der Waals surface area contributed by atoms with E-state index < -0.39 is 0 Å². The average Bonchev–Trinajstić information content (AvgIpc) is 2.85. The molecule has 0 fully saturated rings. The van der Waals surface area contributed by atoms with Crippen molar-refractivity contribution < 1.29 is 4.79 Å². The van der Waals surface area contributed by atoms with Crippen LogP contribution in [0.2, 0.25) is 0 Å². The molecule has 0 aliphatic rings. The molecular formula is C13H22N4OS. The SMILES string of the molecule is CN=C(NCCC(=O)NC(C)C)NCc1ccsc1. The molecule has 0 bridgehead atoms. The van der Waals surface area contributed by atoms with Crippen LogP contribution in [-0.2, 0) is 11.3 Å². The number of nitrogens with zero attached hydrogens (tertiary/aromatic N) is 1. The number of hydrogen-bond donors (Lipinski definition) is 3. The zero-order chi connectivity index (χ0) is 14.1. The molecule has 0 spiro atoms. The average molecular weight is 282 g/mol. The minimum atomic E-state index is 0.0517. The molecule has 19 heavy (non-hydrogen) atoms. The lowest BCUT2D eigenvalue weighted by molar-refractivity contribution is -0.121. The molecular weight excluding hydrogens is 260 g/mol. The molecule has 0 aliphatic carbocycles. The first-order chi connectivity index (χ1) is 9.11. The van der Waals surface area contributed by atoms with Crippen LogP contribution < -0.4 is 16.0 Å². The number of aliphatic imine (C=N–C) groups is 1. The van der Waals surface area contributed by atoms with E-state index in [1.54, 1.807) is 18.4 Å². The lowest BCUT2D eigenvalue weighted by Crippen LogP contribution is -2.39. The molecule has 1 heterocycles. The van der Waals surface area contributed by atoms with Crippen molar-refractivity contribution in [1.82, 2.24) is 16.0 Å². The highest BCUT2D eigenvalue weighted by Gasteiger charge is 2.03. The summed E-state index contributed by atoms with van der Waals surface area (Å²) in [5, 5.41) is 13.3. The Balaban J connectivity index is 2.20. The Bertz CT molecular complexity index is 401. The van der Waals surface area contributed by atoms with E-state index in [1.807, 2.05) is 19.2 Å². The summed E-state index contributed by atoms with van der Waals surface area (Å²) in [5.41, 5.74) is 1.23. The van der Waals surface area contributed by atoms with Crippen LogP contribution in [0, 0.1) is 0 Å². The van der Waals surface area contributed by atoms with E-state index >= 15 is 0 Å². The molecule has 0 unspecified atom stereocenters. The number of amides is 1. The highest BCUT2D eigenvalue weighted by molar-refractivity contribution is 7.07. The van der Waals surface area contributed by atoms with Crippen LogP contribution >= 0.6 is 11.3 Å². The number of hydrogen-bond acceptors (Lipinski definition) is 3. The van der Waals surface area contributed by atoms with E-state index in [9.17, 15) is 4.79 Å². The second kappa shape index (κ2) is 8.53. The first-order valence-electron chi connectivity index (χ1n) is 6.36. The molecule has 1 amide bonds. The summed E-state index contributed by atoms with van der Waals surface area (Å²) in [6.07, 6.45) is 0.442. The van der Waals surface area contributed by atoms with Gasteiger partial charge in [0.25, 0.3) is 0 Å². The molecule has 0 saturated carbocycles. The van der Waals surface area contributed by atoms with Crippen LogP contribution in [0.3, 0.4) is 0 Å². The number of guanidine groups is 1. The lowest BCUT2D eigenvalue weighted by Gasteiger charge is -2.12. The van der Waals surface area contributed by atoms with Gasteiger partial charge in [-0.05, 0) is 36.2 Å². The molecule has 0 radical (unpaired) electrons. The largest absolute Gasteiger partial charge is 0.356 e.